The number of aryl methyl sites for hydroxylation is 2. The summed E-state index contributed by atoms with van der Waals surface area (Å²) in [5.74, 6) is 1.01. The summed E-state index contributed by atoms with van der Waals surface area (Å²) >= 11 is 3.49. The minimum absolute atomic E-state index is 0.794. The van der Waals surface area contributed by atoms with Gasteiger partial charge in [0.25, 0.3) is 0 Å². The fourth-order valence-electron chi connectivity index (χ4n) is 1.84. The zero-order valence-corrected chi connectivity index (χ0v) is 12.2. The molecule has 0 amide bonds. The molecule has 0 saturated heterocycles. The third kappa shape index (κ3) is 2.90. The average Bonchev–Trinajstić information content (AvgIpc) is 2.95. The van der Waals surface area contributed by atoms with Crippen LogP contribution < -0.4 is 5.73 Å². The van der Waals surface area contributed by atoms with Gasteiger partial charge in [-0.2, -0.15) is 5.10 Å². The molecule has 0 spiro atoms. The maximum Gasteiger partial charge on any atom is 0.151 e. The molecule has 3 rings (SSSR count). The van der Waals surface area contributed by atoms with Crippen LogP contribution in [-0.2, 0) is 13.5 Å². The molecule has 4 nitrogen and oxygen atoms in total. The predicted molar refractivity (Wildman–Crippen MR) is 81.7 cm³/mol. The van der Waals surface area contributed by atoms with Crippen molar-refractivity contribution in [3.05, 3.63) is 36.2 Å². The maximum atomic E-state index is 5.77. The Morgan fingerprint density at radius 2 is 2.32 bits per heavy atom. The lowest BCUT2D eigenvalue weighted by atomic mass is 10.3. The van der Waals surface area contributed by atoms with E-state index in [0.29, 0.717) is 0 Å². The molecule has 0 atom stereocenters. The predicted octanol–water partition coefficient (Wildman–Crippen LogP) is 2.95. The highest BCUT2D eigenvalue weighted by molar-refractivity contribution is 8.01. The first-order valence-electron chi connectivity index (χ1n) is 5.97. The minimum atomic E-state index is 0.794. The van der Waals surface area contributed by atoms with E-state index in [1.54, 1.807) is 23.1 Å². The summed E-state index contributed by atoms with van der Waals surface area (Å²) in [7, 11) is 1.94. The summed E-state index contributed by atoms with van der Waals surface area (Å²) in [5.41, 5.74) is 8.86. The molecule has 19 heavy (non-hydrogen) atoms. The van der Waals surface area contributed by atoms with Crippen molar-refractivity contribution in [3.63, 3.8) is 0 Å². The second kappa shape index (κ2) is 5.22. The van der Waals surface area contributed by atoms with Crippen molar-refractivity contribution in [2.24, 2.45) is 7.05 Å². The summed E-state index contributed by atoms with van der Waals surface area (Å²) in [4.78, 5) is 4.60. The van der Waals surface area contributed by atoms with Crippen molar-refractivity contribution in [1.29, 1.82) is 0 Å². The van der Waals surface area contributed by atoms with Crippen LogP contribution in [0.1, 0.15) is 5.56 Å². The van der Waals surface area contributed by atoms with E-state index in [4.69, 9.17) is 5.73 Å². The Hall–Kier alpha value is -1.53. The van der Waals surface area contributed by atoms with Gasteiger partial charge in [-0.25, -0.2) is 4.98 Å². The molecule has 2 heterocycles. The third-order valence-corrected chi connectivity index (χ3v) is 4.93. The van der Waals surface area contributed by atoms with Crippen molar-refractivity contribution in [3.8, 4) is 0 Å². The van der Waals surface area contributed by atoms with E-state index in [1.807, 2.05) is 36.1 Å². The Morgan fingerprint density at radius 1 is 1.42 bits per heavy atom. The molecule has 0 unspecified atom stereocenters. The summed E-state index contributed by atoms with van der Waals surface area (Å²) in [5, 5.41) is 4.17. The highest BCUT2D eigenvalue weighted by atomic mass is 32.2. The molecular weight excluding hydrogens is 276 g/mol. The lowest BCUT2D eigenvalue weighted by molar-refractivity contribution is 0.767. The first kappa shape index (κ1) is 12.5. The Balaban J connectivity index is 1.65. The highest BCUT2D eigenvalue weighted by Crippen LogP contribution is 2.30. The quantitative estimate of drug-likeness (QED) is 0.593. The Kier molecular flexibility index (Phi) is 3.44. The summed E-state index contributed by atoms with van der Waals surface area (Å²) in [6.07, 6.45) is 4.98. The van der Waals surface area contributed by atoms with Crippen molar-refractivity contribution >= 4 is 39.0 Å². The summed E-state index contributed by atoms with van der Waals surface area (Å²) < 4.78 is 4.09. The standard InChI is InChI=1S/C13H14N4S2/c1-17-8-9(7-15-17)4-5-18-13-16-11-3-2-10(14)6-12(11)19-13/h2-3,6-8H,4-5,14H2,1H3. The van der Waals surface area contributed by atoms with Gasteiger partial charge in [0.1, 0.15) is 0 Å². The van der Waals surface area contributed by atoms with Crippen molar-refractivity contribution < 1.29 is 0 Å². The summed E-state index contributed by atoms with van der Waals surface area (Å²) in [6, 6.07) is 5.86. The van der Waals surface area contributed by atoms with Crippen LogP contribution >= 0.6 is 23.1 Å². The van der Waals surface area contributed by atoms with Gasteiger partial charge in [-0.1, -0.05) is 11.8 Å². The van der Waals surface area contributed by atoms with Gasteiger partial charge in [-0.15, -0.1) is 11.3 Å². The Labute approximate surface area is 119 Å². The molecule has 98 valence electrons. The largest absolute Gasteiger partial charge is 0.399 e. The number of hydrogen-bond donors (Lipinski definition) is 1. The fourth-order valence-corrected chi connectivity index (χ4v) is 4.01. The second-order valence-corrected chi connectivity index (χ2v) is 6.70. The van der Waals surface area contributed by atoms with E-state index in [9.17, 15) is 0 Å². The van der Waals surface area contributed by atoms with Crippen LogP contribution in [0.4, 0.5) is 5.69 Å². The Bertz CT molecular complexity index is 702. The van der Waals surface area contributed by atoms with Crippen LogP contribution in [0.25, 0.3) is 10.2 Å². The zero-order chi connectivity index (χ0) is 13.2. The van der Waals surface area contributed by atoms with E-state index in [-0.39, 0.29) is 0 Å². The molecule has 2 aromatic heterocycles. The molecule has 0 saturated carbocycles. The smallest absolute Gasteiger partial charge is 0.151 e. The van der Waals surface area contributed by atoms with Crippen molar-refractivity contribution in [1.82, 2.24) is 14.8 Å². The molecule has 3 aromatic rings. The monoisotopic (exact) mass is 290 g/mol. The van der Waals surface area contributed by atoms with Crippen LogP contribution in [0, 0.1) is 0 Å². The van der Waals surface area contributed by atoms with Crippen LogP contribution in [0.2, 0.25) is 0 Å². The van der Waals surface area contributed by atoms with Gasteiger partial charge in [0.2, 0.25) is 0 Å². The van der Waals surface area contributed by atoms with E-state index in [0.717, 1.165) is 32.4 Å². The van der Waals surface area contributed by atoms with Gasteiger partial charge in [-0.05, 0) is 30.2 Å². The van der Waals surface area contributed by atoms with Crippen LogP contribution in [0.15, 0.2) is 34.9 Å². The normalized spacial score (nSPS) is 11.2. The number of nitrogens with two attached hydrogens (primary N) is 1. The molecule has 6 heteroatoms. The summed E-state index contributed by atoms with van der Waals surface area (Å²) in [6.45, 7) is 0. The molecule has 0 bridgehead atoms. The number of rotatable bonds is 4. The number of hydrogen-bond acceptors (Lipinski definition) is 5. The van der Waals surface area contributed by atoms with Crippen LogP contribution in [-0.4, -0.2) is 20.5 Å². The first-order valence-corrected chi connectivity index (χ1v) is 7.77. The fraction of sp³-hybridized carbons (Fsp3) is 0.231. The number of thioether (sulfide) groups is 1. The van der Waals surface area contributed by atoms with E-state index in [1.165, 1.54) is 5.56 Å². The number of nitrogen functional groups attached to an aromatic ring is 1. The molecule has 0 aliphatic rings. The number of anilines is 1. The molecule has 1 aromatic carbocycles. The minimum Gasteiger partial charge on any atom is -0.399 e. The lowest BCUT2D eigenvalue weighted by Crippen LogP contribution is -1.87. The topological polar surface area (TPSA) is 56.7 Å². The molecule has 0 aliphatic carbocycles. The third-order valence-electron chi connectivity index (χ3n) is 2.77. The van der Waals surface area contributed by atoms with Crippen molar-refractivity contribution in [2.75, 3.05) is 11.5 Å². The molecule has 0 fully saturated rings. The zero-order valence-electron chi connectivity index (χ0n) is 10.5. The van der Waals surface area contributed by atoms with E-state index in [2.05, 4.69) is 16.3 Å². The highest BCUT2D eigenvalue weighted by Gasteiger charge is 2.05. The number of benzene rings is 1. The van der Waals surface area contributed by atoms with E-state index >= 15 is 0 Å². The molecule has 0 aliphatic heterocycles. The Morgan fingerprint density at radius 3 is 3.11 bits per heavy atom. The van der Waals surface area contributed by atoms with Gasteiger partial charge in [0.15, 0.2) is 4.34 Å². The van der Waals surface area contributed by atoms with Gasteiger partial charge in [0, 0.05) is 24.7 Å². The second-order valence-electron chi connectivity index (χ2n) is 4.33. The number of aromatic nitrogens is 3. The molecule has 2 N–H and O–H groups in total. The maximum absolute atomic E-state index is 5.77. The SMILES string of the molecule is Cn1cc(CCSc2nc3ccc(N)cc3s2)cn1. The number of fused-ring (bicyclic) bond motifs is 1. The number of thiazole rings is 1. The molecular formula is C13H14N4S2. The van der Waals surface area contributed by atoms with E-state index < -0.39 is 0 Å². The lowest BCUT2D eigenvalue weighted by Gasteiger charge is -1.94. The van der Waals surface area contributed by atoms with Gasteiger partial charge >= 0.3 is 0 Å². The number of nitrogens with zero attached hydrogens (tertiary/aromatic N) is 3. The van der Waals surface area contributed by atoms with Gasteiger partial charge in [-0.3, -0.25) is 4.68 Å². The van der Waals surface area contributed by atoms with Crippen molar-refractivity contribution in [2.45, 2.75) is 10.8 Å². The first-order chi connectivity index (χ1) is 9.20. The van der Waals surface area contributed by atoms with Crippen LogP contribution in [0.5, 0.6) is 0 Å². The molecule has 0 radical (unpaired) electrons. The van der Waals surface area contributed by atoms with Crippen LogP contribution in [0.3, 0.4) is 0 Å². The average molecular weight is 290 g/mol. The van der Waals surface area contributed by atoms with Gasteiger partial charge < -0.3 is 5.73 Å². The van der Waals surface area contributed by atoms with Gasteiger partial charge in [0.05, 0.1) is 16.4 Å².